The highest BCUT2D eigenvalue weighted by Crippen LogP contribution is 2.72. The lowest BCUT2D eigenvalue weighted by Crippen LogP contribution is -2.68. The lowest BCUT2D eigenvalue weighted by molar-refractivity contribution is -0.242. The maximum atomic E-state index is 13.9. The van der Waals surface area contributed by atoms with E-state index < -0.39 is 76.0 Å². The molecule has 10 nitrogen and oxygen atoms in total. The zero-order valence-corrected chi connectivity index (χ0v) is 33.6. The molecule has 0 amide bonds. The Kier molecular flexibility index (Phi) is 12.9. The van der Waals surface area contributed by atoms with Crippen LogP contribution >= 0.6 is 0 Å². The molecule has 1 aliphatic heterocycles. The number of allylic oxidation sites excluding steroid dienone is 2. The van der Waals surface area contributed by atoms with E-state index in [1.54, 1.807) is 27.7 Å². The molecule has 10 heteroatoms. The van der Waals surface area contributed by atoms with Crippen LogP contribution in [0.25, 0.3) is 0 Å². The van der Waals surface area contributed by atoms with E-state index in [-0.39, 0.29) is 49.0 Å². The van der Waals surface area contributed by atoms with Crippen LogP contribution in [0.1, 0.15) is 128 Å². The molecular formula is C42H68O10. The molecule has 4 rings (SSSR count). The second-order valence-electron chi connectivity index (χ2n) is 18.4. The predicted molar refractivity (Wildman–Crippen MR) is 198 cm³/mol. The maximum absolute atomic E-state index is 13.9. The number of carboxylic acid groups (broad SMARTS) is 1. The molecule has 0 unspecified atom stereocenters. The van der Waals surface area contributed by atoms with E-state index in [4.69, 9.17) is 14.2 Å². The predicted octanol–water partition coefficient (Wildman–Crippen LogP) is 6.64. The number of rotatable bonds is 14. The average molecular weight is 733 g/mol. The Labute approximate surface area is 311 Å². The summed E-state index contributed by atoms with van der Waals surface area (Å²) in [5.41, 5.74) is -1.49. The van der Waals surface area contributed by atoms with Crippen molar-refractivity contribution in [3.63, 3.8) is 0 Å². The van der Waals surface area contributed by atoms with Crippen LogP contribution in [-0.2, 0) is 28.6 Å². The zero-order valence-electron chi connectivity index (χ0n) is 33.6. The average Bonchev–Trinajstić information content (AvgIpc) is 3.65. The van der Waals surface area contributed by atoms with Gasteiger partial charge in [-0.3, -0.25) is 4.79 Å². The summed E-state index contributed by atoms with van der Waals surface area (Å²) in [7, 11) is 0. The second kappa shape index (κ2) is 15.8. The van der Waals surface area contributed by atoms with E-state index in [0.29, 0.717) is 25.9 Å². The van der Waals surface area contributed by atoms with Gasteiger partial charge in [-0.25, -0.2) is 9.59 Å². The van der Waals surface area contributed by atoms with Gasteiger partial charge in [0.15, 0.2) is 12.2 Å². The first kappa shape index (κ1) is 42.5. The van der Waals surface area contributed by atoms with Gasteiger partial charge in [-0.15, -0.1) is 0 Å². The third kappa shape index (κ3) is 7.92. The van der Waals surface area contributed by atoms with Crippen molar-refractivity contribution in [2.24, 2.45) is 51.8 Å². The third-order valence-corrected chi connectivity index (χ3v) is 14.1. The van der Waals surface area contributed by atoms with E-state index in [1.807, 2.05) is 20.8 Å². The number of carboxylic acids is 1. The molecule has 3 aliphatic carbocycles. The molecule has 2 saturated carbocycles. The van der Waals surface area contributed by atoms with Crippen LogP contribution in [0.5, 0.6) is 0 Å². The van der Waals surface area contributed by atoms with E-state index in [0.717, 1.165) is 18.4 Å². The number of esters is 2. The summed E-state index contributed by atoms with van der Waals surface area (Å²) in [5.74, 6) is -3.98. The first-order valence-electron chi connectivity index (χ1n) is 19.7. The van der Waals surface area contributed by atoms with E-state index in [1.165, 1.54) is 5.57 Å². The van der Waals surface area contributed by atoms with Crippen molar-refractivity contribution in [2.45, 2.75) is 164 Å². The van der Waals surface area contributed by atoms with Gasteiger partial charge in [0.1, 0.15) is 12.2 Å². The number of ether oxygens (including phenoxy) is 3. The largest absolute Gasteiger partial charge is 0.481 e. The van der Waals surface area contributed by atoms with Gasteiger partial charge in [0.2, 0.25) is 0 Å². The Morgan fingerprint density at radius 2 is 1.58 bits per heavy atom. The van der Waals surface area contributed by atoms with Gasteiger partial charge in [0.05, 0.1) is 18.3 Å². The molecule has 3 fully saturated rings. The number of fused-ring (bicyclic) bond motifs is 3. The van der Waals surface area contributed by atoms with Gasteiger partial charge in [0, 0.05) is 17.8 Å². The fraction of sp³-hybridized carbons (Fsp3) is 0.833. The highest BCUT2D eigenvalue weighted by molar-refractivity contribution is 5.75. The van der Waals surface area contributed by atoms with Gasteiger partial charge < -0.3 is 34.6 Å². The summed E-state index contributed by atoms with van der Waals surface area (Å²) in [6, 6.07) is 0. The van der Waals surface area contributed by atoms with Crippen molar-refractivity contribution in [3.05, 3.63) is 23.3 Å². The number of aliphatic hydroxyl groups excluding tert-OH is 2. The normalized spacial score (nSPS) is 38.2. The molecule has 0 radical (unpaired) electrons. The Hall–Kier alpha value is -2.27. The molecule has 52 heavy (non-hydrogen) atoms. The summed E-state index contributed by atoms with van der Waals surface area (Å²) in [5, 5.41) is 44.1. The maximum Gasteiger partial charge on any atom is 0.335 e. The Bertz CT molecular complexity index is 1380. The minimum atomic E-state index is -1.35. The molecule has 0 aromatic carbocycles. The molecular weight excluding hydrogens is 664 g/mol. The number of aliphatic hydroxyl groups is 3. The van der Waals surface area contributed by atoms with Crippen LogP contribution in [0.15, 0.2) is 23.3 Å². The van der Waals surface area contributed by atoms with Gasteiger partial charge in [0.25, 0.3) is 0 Å². The van der Waals surface area contributed by atoms with Crippen LogP contribution in [0, 0.1) is 51.8 Å². The van der Waals surface area contributed by atoms with Crippen molar-refractivity contribution < 1.29 is 49.0 Å². The van der Waals surface area contributed by atoms with Gasteiger partial charge in [-0.2, -0.15) is 0 Å². The summed E-state index contributed by atoms with van der Waals surface area (Å²) < 4.78 is 19.2. The number of aliphatic carboxylic acids is 1. The van der Waals surface area contributed by atoms with Crippen LogP contribution < -0.4 is 0 Å². The summed E-state index contributed by atoms with van der Waals surface area (Å²) in [6.45, 7) is 21.8. The minimum absolute atomic E-state index is 0.00570. The molecule has 1 saturated heterocycles. The topological polar surface area (TPSA) is 160 Å². The molecule has 4 N–H and O–H groups in total. The number of carbonyl (C=O) groups is 3. The molecule has 0 spiro atoms. The SMILES string of the molecule is CC[C@@H](C)[C@@H](O)C(=O)O[C@@H]1C[C@]2(C)C(=CC[C@H]2[C@H]2CO[C@H](C=C(C)C)C2)[C@@]2(C)[C@H]1[C@@](C)(CCC(=O)O)[C@H](C(C)(C)O)C[C@H]2OC(=O)[C@H](O)[C@H](C)CC. The molecule has 0 aromatic rings. The van der Waals surface area contributed by atoms with E-state index in [9.17, 15) is 34.8 Å². The third-order valence-electron chi connectivity index (χ3n) is 14.1. The lowest BCUT2D eigenvalue weighted by atomic mass is 9.39. The Morgan fingerprint density at radius 1 is 1.00 bits per heavy atom. The summed E-state index contributed by atoms with van der Waals surface area (Å²) in [6.07, 6.45) is 3.47. The van der Waals surface area contributed by atoms with Gasteiger partial charge in [-0.1, -0.05) is 84.6 Å². The zero-order chi connectivity index (χ0) is 39.1. The fourth-order valence-electron chi connectivity index (χ4n) is 11.1. The standard InChI is InChI=1S/C42H68O10/c1-12-24(5)34(45)37(47)51-29-21-41(10)28(26-19-27(50-22-26)18-23(3)4)14-15-30(41)42(11)32(52-38(48)35(46)25(6)13-2)20-31(39(7,8)49)40(9,36(29)42)17-16-33(43)44/h15,18,24-29,31-32,34-36,45-46,49H,12-14,16-17,19-22H2,1-11H3,(H,43,44)/t24-,25-,26-,27-,28+,29-,31+,32-,34-,35-,36-,40+,41+,42-/m1/s1. The second-order valence-corrected chi connectivity index (χ2v) is 18.4. The summed E-state index contributed by atoms with van der Waals surface area (Å²) >= 11 is 0. The lowest BCUT2D eigenvalue weighted by Gasteiger charge is -2.67. The van der Waals surface area contributed by atoms with Crippen LogP contribution in [0.3, 0.4) is 0 Å². The van der Waals surface area contributed by atoms with Crippen molar-refractivity contribution in [3.8, 4) is 0 Å². The van der Waals surface area contributed by atoms with E-state index >= 15 is 0 Å². The number of carbonyl (C=O) groups excluding carboxylic acids is 2. The van der Waals surface area contributed by atoms with Crippen LogP contribution in [0.4, 0.5) is 0 Å². The molecule has 1 heterocycles. The highest BCUT2D eigenvalue weighted by atomic mass is 16.6. The quantitative estimate of drug-likeness (QED) is 0.113. The number of hydrogen-bond donors (Lipinski definition) is 4. The first-order valence-corrected chi connectivity index (χ1v) is 19.7. The van der Waals surface area contributed by atoms with Gasteiger partial charge in [-0.05, 0) is 100 Å². The molecule has 4 aliphatic rings. The van der Waals surface area contributed by atoms with Crippen LogP contribution in [-0.4, -0.2) is 81.1 Å². The molecule has 296 valence electrons. The smallest absolute Gasteiger partial charge is 0.335 e. The van der Waals surface area contributed by atoms with Crippen molar-refractivity contribution >= 4 is 17.9 Å². The highest BCUT2D eigenvalue weighted by Gasteiger charge is 2.71. The minimum Gasteiger partial charge on any atom is -0.481 e. The molecule has 0 bridgehead atoms. The molecule has 14 atom stereocenters. The van der Waals surface area contributed by atoms with Crippen LogP contribution in [0.2, 0.25) is 0 Å². The Balaban J connectivity index is 1.94. The van der Waals surface area contributed by atoms with Crippen molar-refractivity contribution in [1.82, 2.24) is 0 Å². The van der Waals surface area contributed by atoms with E-state index in [2.05, 4.69) is 39.8 Å². The fourth-order valence-corrected chi connectivity index (χ4v) is 11.1. The molecule has 0 aromatic heterocycles. The van der Waals surface area contributed by atoms with Gasteiger partial charge >= 0.3 is 17.9 Å². The van der Waals surface area contributed by atoms with Crippen molar-refractivity contribution in [1.29, 1.82) is 0 Å². The Morgan fingerprint density at radius 3 is 2.10 bits per heavy atom. The monoisotopic (exact) mass is 732 g/mol. The summed E-state index contributed by atoms with van der Waals surface area (Å²) in [4.78, 5) is 39.9. The van der Waals surface area contributed by atoms with Crippen molar-refractivity contribution in [2.75, 3.05) is 6.61 Å². The first-order chi connectivity index (χ1) is 24.1. The number of hydrogen-bond acceptors (Lipinski definition) is 9.